The molecule has 2 heterocycles. The largest absolute Gasteiger partial charge is 0.478 e. The van der Waals surface area contributed by atoms with Gasteiger partial charge in [-0.05, 0) is 37.3 Å². The van der Waals surface area contributed by atoms with E-state index in [0.717, 1.165) is 20.1 Å². The Bertz CT molecular complexity index is 742. The molecule has 0 unspecified atom stereocenters. The summed E-state index contributed by atoms with van der Waals surface area (Å²) in [5, 5.41) is 9.91. The van der Waals surface area contributed by atoms with Gasteiger partial charge in [0, 0.05) is 4.88 Å². The van der Waals surface area contributed by atoms with Gasteiger partial charge < -0.3 is 5.11 Å². The lowest BCUT2D eigenvalue weighted by atomic mass is 10.2. The van der Waals surface area contributed by atoms with E-state index in [4.69, 9.17) is 5.11 Å². The summed E-state index contributed by atoms with van der Waals surface area (Å²) in [6.07, 6.45) is 0. The van der Waals surface area contributed by atoms with Crippen molar-refractivity contribution >= 4 is 38.9 Å². The second-order valence-electron chi connectivity index (χ2n) is 3.92. The summed E-state index contributed by atoms with van der Waals surface area (Å²) in [6.45, 7) is 2.06. The van der Waals surface area contributed by atoms with Crippen LogP contribution in [-0.2, 0) is 0 Å². The minimum atomic E-state index is -0.904. The number of carboxylic acids is 1. The number of thiazole rings is 1. The SMILES string of the molecule is Cc1ccc(-c2nc3ccc(C(=O)O)cc3s2)s1. The molecular weight excluding hydrogens is 266 g/mol. The zero-order valence-corrected chi connectivity index (χ0v) is 11.1. The fourth-order valence-electron chi connectivity index (χ4n) is 1.71. The van der Waals surface area contributed by atoms with Crippen LogP contribution in [0.3, 0.4) is 0 Å². The van der Waals surface area contributed by atoms with Crippen LogP contribution in [0.2, 0.25) is 0 Å². The summed E-state index contributed by atoms with van der Waals surface area (Å²) in [5.74, 6) is -0.904. The average molecular weight is 275 g/mol. The summed E-state index contributed by atoms with van der Waals surface area (Å²) < 4.78 is 0.913. The molecule has 0 bridgehead atoms. The molecule has 3 aromatic rings. The second kappa shape index (κ2) is 4.19. The van der Waals surface area contributed by atoms with Crippen LogP contribution in [0.15, 0.2) is 30.3 Å². The maximum absolute atomic E-state index is 10.9. The highest BCUT2D eigenvalue weighted by atomic mass is 32.1. The van der Waals surface area contributed by atoms with Crippen molar-refractivity contribution in [1.29, 1.82) is 0 Å². The standard InChI is InChI=1S/C13H9NO2S2/c1-7-2-5-10(17-7)12-14-9-4-3-8(13(15)16)6-11(9)18-12/h2-6H,1H3,(H,15,16). The van der Waals surface area contributed by atoms with E-state index in [9.17, 15) is 4.79 Å². The number of aryl methyl sites for hydroxylation is 1. The molecule has 18 heavy (non-hydrogen) atoms. The first-order valence-corrected chi connectivity index (χ1v) is 6.97. The van der Waals surface area contributed by atoms with Crippen LogP contribution in [0.5, 0.6) is 0 Å². The van der Waals surface area contributed by atoms with Crippen LogP contribution in [-0.4, -0.2) is 16.1 Å². The van der Waals surface area contributed by atoms with Gasteiger partial charge in [0.25, 0.3) is 0 Å². The van der Waals surface area contributed by atoms with Crippen molar-refractivity contribution in [2.24, 2.45) is 0 Å². The minimum absolute atomic E-state index is 0.306. The maximum atomic E-state index is 10.9. The normalized spacial score (nSPS) is 10.9. The van der Waals surface area contributed by atoms with Crippen LogP contribution in [0, 0.1) is 6.92 Å². The number of hydrogen-bond acceptors (Lipinski definition) is 4. The van der Waals surface area contributed by atoms with Gasteiger partial charge >= 0.3 is 5.97 Å². The molecule has 0 fully saturated rings. The highest BCUT2D eigenvalue weighted by molar-refractivity contribution is 7.25. The van der Waals surface area contributed by atoms with E-state index in [1.807, 2.05) is 0 Å². The molecule has 3 nitrogen and oxygen atoms in total. The number of fused-ring (bicyclic) bond motifs is 1. The number of benzene rings is 1. The average Bonchev–Trinajstić information content (AvgIpc) is 2.93. The number of carboxylic acid groups (broad SMARTS) is 1. The molecule has 1 aromatic carbocycles. The van der Waals surface area contributed by atoms with Gasteiger partial charge in [-0.1, -0.05) is 0 Å². The third kappa shape index (κ3) is 1.91. The number of nitrogens with zero attached hydrogens (tertiary/aromatic N) is 1. The quantitative estimate of drug-likeness (QED) is 0.768. The summed E-state index contributed by atoms with van der Waals surface area (Å²) in [5.41, 5.74) is 1.16. The molecule has 90 valence electrons. The smallest absolute Gasteiger partial charge is 0.335 e. The van der Waals surface area contributed by atoms with Gasteiger partial charge in [-0.2, -0.15) is 0 Å². The Morgan fingerprint density at radius 3 is 2.72 bits per heavy atom. The van der Waals surface area contributed by atoms with Crippen LogP contribution < -0.4 is 0 Å². The fourth-order valence-corrected chi connectivity index (χ4v) is 3.64. The van der Waals surface area contributed by atoms with Crippen LogP contribution in [0.4, 0.5) is 0 Å². The monoisotopic (exact) mass is 275 g/mol. The molecule has 1 N–H and O–H groups in total. The highest BCUT2D eigenvalue weighted by Crippen LogP contribution is 2.34. The predicted octanol–water partition coefficient (Wildman–Crippen LogP) is 4.03. The van der Waals surface area contributed by atoms with Crippen LogP contribution in [0.25, 0.3) is 20.1 Å². The lowest BCUT2D eigenvalue weighted by Crippen LogP contribution is -1.94. The zero-order valence-electron chi connectivity index (χ0n) is 9.51. The summed E-state index contributed by atoms with van der Waals surface area (Å²) in [7, 11) is 0. The molecule has 0 amide bonds. The Hall–Kier alpha value is -1.72. The van der Waals surface area contributed by atoms with Crippen molar-refractivity contribution < 1.29 is 9.90 Å². The van der Waals surface area contributed by atoms with Gasteiger partial charge in [0.2, 0.25) is 0 Å². The molecule has 0 saturated heterocycles. The van der Waals surface area contributed by atoms with Crippen molar-refractivity contribution in [3.63, 3.8) is 0 Å². The molecule has 0 atom stereocenters. The molecule has 0 saturated carbocycles. The molecule has 0 aliphatic rings. The van der Waals surface area contributed by atoms with E-state index in [1.54, 1.807) is 29.5 Å². The third-order valence-corrected chi connectivity index (χ3v) is 4.77. The number of thiophene rings is 1. The maximum Gasteiger partial charge on any atom is 0.335 e. The van der Waals surface area contributed by atoms with E-state index in [2.05, 4.69) is 24.0 Å². The topological polar surface area (TPSA) is 50.2 Å². The lowest BCUT2D eigenvalue weighted by molar-refractivity contribution is 0.0697. The van der Waals surface area contributed by atoms with Crippen molar-refractivity contribution in [3.05, 3.63) is 40.8 Å². The van der Waals surface area contributed by atoms with E-state index in [0.29, 0.717) is 5.56 Å². The van der Waals surface area contributed by atoms with E-state index >= 15 is 0 Å². The fraction of sp³-hybridized carbons (Fsp3) is 0.0769. The lowest BCUT2D eigenvalue weighted by Gasteiger charge is -1.91. The number of rotatable bonds is 2. The van der Waals surface area contributed by atoms with E-state index in [-0.39, 0.29) is 0 Å². The molecule has 0 spiro atoms. The first kappa shape index (κ1) is 11.4. The van der Waals surface area contributed by atoms with Gasteiger partial charge in [-0.25, -0.2) is 9.78 Å². The van der Waals surface area contributed by atoms with E-state index in [1.165, 1.54) is 16.2 Å². The molecule has 0 aliphatic carbocycles. The van der Waals surface area contributed by atoms with Crippen LogP contribution in [0.1, 0.15) is 15.2 Å². The third-order valence-electron chi connectivity index (χ3n) is 2.59. The van der Waals surface area contributed by atoms with Gasteiger partial charge in [0.15, 0.2) is 0 Å². The van der Waals surface area contributed by atoms with Gasteiger partial charge in [0.1, 0.15) is 5.01 Å². The van der Waals surface area contributed by atoms with E-state index < -0.39 is 5.97 Å². The Kier molecular flexibility index (Phi) is 2.65. The van der Waals surface area contributed by atoms with Gasteiger partial charge in [-0.3, -0.25) is 0 Å². The molecular formula is C13H9NO2S2. The summed E-state index contributed by atoms with van der Waals surface area (Å²) >= 11 is 3.23. The molecule has 3 rings (SSSR count). The van der Waals surface area contributed by atoms with Crippen molar-refractivity contribution in [2.75, 3.05) is 0 Å². The Labute approximate surface area is 111 Å². The van der Waals surface area contributed by atoms with Crippen LogP contribution >= 0.6 is 22.7 Å². The number of aromatic nitrogens is 1. The predicted molar refractivity (Wildman–Crippen MR) is 74.6 cm³/mol. The van der Waals surface area contributed by atoms with Crippen molar-refractivity contribution in [1.82, 2.24) is 4.98 Å². The Morgan fingerprint density at radius 1 is 1.22 bits per heavy atom. The summed E-state index contributed by atoms with van der Waals surface area (Å²) in [6, 6.07) is 9.15. The Morgan fingerprint density at radius 2 is 2.06 bits per heavy atom. The zero-order chi connectivity index (χ0) is 12.7. The molecule has 5 heteroatoms. The first-order valence-electron chi connectivity index (χ1n) is 5.34. The molecule has 0 radical (unpaired) electrons. The minimum Gasteiger partial charge on any atom is -0.478 e. The summed E-state index contributed by atoms with van der Waals surface area (Å²) in [4.78, 5) is 17.8. The number of carbonyl (C=O) groups is 1. The second-order valence-corrected chi connectivity index (χ2v) is 6.24. The van der Waals surface area contributed by atoms with Gasteiger partial charge in [-0.15, -0.1) is 22.7 Å². The van der Waals surface area contributed by atoms with Crippen molar-refractivity contribution in [2.45, 2.75) is 6.92 Å². The molecule has 0 aliphatic heterocycles. The van der Waals surface area contributed by atoms with Crippen molar-refractivity contribution in [3.8, 4) is 9.88 Å². The number of aromatic carboxylic acids is 1. The molecule has 2 aromatic heterocycles. The first-order chi connectivity index (χ1) is 8.63. The Balaban J connectivity index is 2.13. The highest BCUT2D eigenvalue weighted by Gasteiger charge is 2.10. The van der Waals surface area contributed by atoms with Gasteiger partial charge in [0.05, 0.1) is 20.7 Å². The number of hydrogen-bond donors (Lipinski definition) is 1.